The maximum Gasteiger partial charge on any atom is 0.184 e. The number of rotatable bonds is 9. The Morgan fingerprint density at radius 3 is 2.35 bits per heavy atom. The first kappa shape index (κ1) is 17.4. The topological polar surface area (TPSA) is 9.23 Å². The molecule has 0 N–H and O–H groups in total. The zero-order chi connectivity index (χ0) is 13.4. The smallest absolute Gasteiger partial charge is 0.184 e. The van der Waals surface area contributed by atoms with Gasteiger partial charge in [-0.25, -0.2) is 0 Å². The SMILES string of the molecule is C=CCC(CC=CI)(CCCC)O[Si](C)(C)C. The molecular formula is C14H27IOSi. The van der Waals surface area contributed by atoms with Crippen LogP contribution in [0.25, 0.3) is 0 Å². The van der Waals surface area contributed by atoms with Crippen LogP contribution in [0.4, 0.5) is 0 Å². The van der Waals surface area contributed by atoms with Gasteiger partial charge in [-0.05, 0) is 43.0 Å². The van der Waals surface area contributed by atoms with Crippen molar-refractivity contribution in [1.82, 2.24) is 0 Å². The molecule has 0 saturated carbocycles. The van der Waals surface area contributed by atoms with E-state index in [-0.39, 0.29) is 5.60 Å². The minimum Gasteiger partial charge on any atom is -0.412 e. The van der Waals surface area contributed by atoms with Crippen LogP contribution in [0.3, 0.4) is 0 Å². The van der Waals surface area contributed by atoms with Crippen molar-refractivity contribution in [2.24, 2.45) is 0 Å². The zero-order valence-corrected chi connectivity index (χ0v) is 14.9. The predicted octanol–water partition coefficient (Wildman–Crippen LogP) is 5.68. The molecule has 3 heteroatoms. The fourth-order valence-electron chi connectivity index (χ4n) is 2.09. The molecule has 17 heavy (non-hydrogen) atoms. The Balaban J connectivity index is 4.85. The van der Waals surface area contributed by atoms with Crippen LogP contribution >= 0.6 is 22.6 Å². The summed E-state index contributed by atoms with van der Waals surface area (Å²) in [6, 6.07) is 0. The van der Waals surface area contributed by atoms with Gasteiger partial charge in [-0.2, -0.15) is 0 Å². The molecule has 0 spiro atoms. The molecule has 1 atom stereocenters. The third-order valence-electron chi connectivity index (χ3n) is 2.60. The Kier molecular flexibility index (Phi) is 8.68. The van der Waals surface area contributed by atoms with Crippen LogP contribution in [0.2, 0.25) is 19.6 Å². The Bertz CT molecular complexity index is 245. The summed E-state index contributed by atoms with van der Waals surface area (Å²) >= 11 is 2.28. The van der Waals surface area contributed by atoms with E-state index in [2.05, 4.69) is 65.9 Å². The van der Waals surface area contributed by atoms with E-state index < -0.39 is 8.32 Å². The van der Waals surface area contributed by atoms with Crippen LogP contribution in [0, 0.1) is 0 Å². The Hall–Kier alpha value is 0.387. The Morgan fingerprint density at radius 2 is 1.94 bits per heavy atom. The molecule has 0 aliphatic heterocycles. The van der Waals surface area contributed by atoms with Gasteiger partial charge in [0.15, 0.2) is 8.32 Å². The summed E-state index contributed by atoms with van der Waals surface area (Å²) in [6.07, 6.45) is 9.79. The van der Waals surface area contributed by atoms with Gasteiger partial charge in [-0.15, -0.1) is 6.58 Å². The zero-order valence-electron chi connectivity index (χ0n) is 11.8. The normalized spacial score (nSPS) is 16.1. The lowest BCUT2D eigenvalue weighted by Gasteiger charge is -2.38. The number of unbranched alkanes of at least 4 members (excludes halogenated alkanes) is 1. The van der Waals surface area contributed by atoms with Gasteiger partial charge >= 0.3 is 0 Å². The number of halogens is 1. The van der Waals surface area contributed by atoms with Crippen molar-refractivity contribution < 1.29 is 4.43 Å². The largest absolute Gasteiger partial charge is 0.412 e. The second-order valence-electron chi connectivity index (χ2n) is 5.56. The van der Waals surface area contributed by atoms with Crippen LogP contribution < -0.4 is 0 Å². The minimum atomic E-state index is -1.51. The maximum atomic E-state index is 6.48. The summed E-state index contributed by atoms with van der Waals surface area (Å²) in [4.78, 5) is 0. The summed E-state index contributed by atoms with van der Waals surface area (Å²) in [5.41, 5.74) is -0.0100. The van der Waals surface area contributed by atoms with E-state index in [0.717, 1.165) is 19.3 Å². The summed E-state index contributed by atoms with van der Waals surface area (Å²) in [7, 11) is -1.51. The van der Waals surface area contributed by atoms with Crippen LogP contribution in [0.1, 0.15) is 39.0 Å². The molecule has 0 aromatic rings. The number of hydrogen-bond acceptors (Lipinski definition) is 1. The van der Waals surface area contributed by atoms with Gasteiger partial charge in [0.05, 0.1) is 5.60 Å². The van der Waals surface area contributed by atoms with Crippen molar-refractivity contribution in [2.75, 3.05) is 0 Å². The molecule has 100 valence electrons. The van der Waals surface area contributed by atoms with Crippen molar-refractivity contribution in [1.29, 1.82) is 0 Å². The highest BCUT2D eigenvalue weighted by atomic mass is 127. The van der Waals surface area contributed by atoms with Crippen molar-refractivity contribution in [3.05, 3.63) is 22.8 Å². The molecule has 0 fully saturated rings. The predicted molar refractivity (Wildman–Crippen MR) is 89.3 cm³/mol. The molecule has 0 aromatic carbocycles. The van der Waals surface area contributed by atoms with E-state index >= 15 is 0 Å². The molecular weight excluding hydrogens is 339 g/mol. The van der Waals surface area contributed by atoms with Crippen LogP contribution in [0.15, 0.2) is 22.8 Å². The quantitative estimate of drug-likeness (QED) is 0.290. The molecule has 0 radical (unpaired) electrons. The van der Waals surface area contributed by atoms with E-state index in [1.165, 1.54) is 12.8 Å². The summed E-state index contributed by atoms with van der Waals surface area (Å²) in [6.45, 7) is 12.9. The third-order valence-corrected chi connectivity index (χ3v) is 4.16. The van der Waals surface area contributed by atoms with Gasteiger partial charge in [-0.3, -0.25) is 0 Å². The molecule has 1 unspecified atom stereocenters. The lowest BCUT2D eigenvalue weighted by molar-refractivity contribution is 0.0549. The molecule has 0 aliphatic carbocycles. The van der Waals surface area contributed by atoms with Crippen molar-refractivity contribution in [3.8, 4) is 0 Å². The lowest BCUT2D eigenvalue weighted by Crippen LogP contribution is -2.42. The monoisotopic (exact) mass is 366 g/mol. The van der Waals surface area contributed by atoms with Gasteiger partial charge in [0.1, 0.15) is 0 Å². The molecule has 0 rings (SSSR count). The fourth-order valence-corrected chi connectivity index (χ4v) is 3.91. The van der Waals surface area contributed by atoms with E-state index in [1.54, 1.807) is 0 Å². The standard InChI is InChI=1S/C14H27IOSi/c1-6-8-11-14(10-7-2,12-9-13-15)16-17(3,4)5/h7,9,13H,2,6,8,10-12H2,1,3-5H3. The Labute approximate surface area is 122 Å². The summed E-state index contributed by atoms with van der Waals surface area (Å²) in [5.74, 6) is 0. The van der Waals surface area contributed by atoms with Gasteiger partial charge in [0, 0.05) is 0 Å². The molecule has 0 amide bonds. The van der Waals surface area contributed by atoms with Crippen LogP contribution in [-0.2, 0) is 4.43 Å². The van der Waals surface area contributed by atoms with Crippen LogP contribution in [-0.4, -0.2) is 13.9 Å². The van der Waals surface area contributed by atoms with E-state index in [1.807, 2.05) is 6.08 Å². The molecule has 0 bridgehead atoms. The van der Waals surface area contributed by atoms with Gasteiger partial charge in [0.25, 0.3) is 0 Å². The van der Waals surface area contributed by atoms with E-state index in [0.29, 0.717) is 0 Å². The molecule has 0 aliphatic rings. The second kappa shape index (κ2) is 8.48. The fraction of sp³-hybridized carbons (Fsp3) is 0.714. The average Bonchev–Trinajstić information content (AvgIpc) is 2.22. The van der Waals surface area contributed by atoms with Crippen molar-refractivity contribution in [2.45, 2.75) is 64.3 Å². The molecule has 0 saturated heterocycles. The third kappa shape index (κ3) is 8.16. The average molecular weight is 366 g/mol. The highest BCUT2D eigenvalue weighted by Crippen LogP contribution is 2.32. The summed E-state index contributed by atoms with van der Waals surface area (Å²) < 4.78 is 8.58. The Morgan fingerprint density at radius 1 is 1.29 bits per heavy atom. The van der Waals surface area contributed by atoms with Crippen LogP contribution in [0.5, 0.6) is 0 Å². The highest BCUT2D eigenvalue weighted by Gasteiger charge is 2.33. The second-order valence-corrected chi connectivity index (χ2v) is 10.7. The first-order chi connectivity index (χ1) is 7.89. The van der Waals surface area contributed by atoms with Crippen molar-refractivity contribution in [3.63, 3.8) is 0 Å². The van der Waals surface area contributed by atoms with E-state index in [4.69, 9.17) is 4.43 Å². The highest BCUT2D eigenvalue weighted by molar-refractivity contribution is 14.1. The summed E-state index contributed by atoms with van der Waals surface area (Å²) in [5, 5.41) is 0. The minimum absolute atomic E-state index is 0.0100. The van der Waals surface area contributed by atoms with E-state index in [9.17, 15) is 0 Å². The van der Waals surface area contributed by atoms with Crippen molar-refractivity contribution >= 4 is 30.9 Å². The number of hydrogen-bond donors (Lipinski definition) is 0. The maximum absolute atomic E-state index is 6.48. The first-order valence-corrected chi connectivity index (χ1v) is 11.1. The molecule has 0 aromatic heterocycles. The molecule has 1 nitrogen and oxygen atoms in total. The van der Waals surface area contributed by atoms with Gasteiger partial charge < -0.3 is 4.43 Å². The molecule has 0 heterocycles. The lowest BCUT2D eigenvalue weighted by atomic mass is 9.90. The van der Waals surface area contributed by atoms with Gasteiger partial charge in [0.2, 0.25) is 0 Å². The first-order valence-electron chi connectivity index (χ1n) is 6.45. The van der Waals surface area contributed by atoms with Gasteiger partial charge in [-0.1, -0.05) is 54.5 Å².